The molecular weight excluding hydrogens is 322 g/mol. The summed E-state index contributed by atoms with van der Waals surface area (Å²) in [4.78, 5) is 10.7. The average Bonchev–Trinajstić information content (AvgIpc) is 2.23. The Morgan fingerprint density at radius 2 is 1.53 bits per heavy atom. The number of aliphatic hydroxyl groups is 5. The van der Waals surface area contributed by atoms with Crippen LogP contribution in [0.25, 0.3) is 0 Å². The molecule has 0 unspecified atom stereocenters. The molecule has 0 aliphatic carbocycles. The summed E-state index contributed by atoms with van der Waals surface area (Å²) in [6, 6.07) is 0. The first-order valence-corrected chi connectivity index (χ1v) is 7.20. The summed E-state index contributed by atoms with van der Waals surface area (Å²) in [6.45, 7) is -0.904. The van der Waals surface area contributed by atoms with Gasteiger partial charge in [0, 0.05) is 0 Å². The Hall–Kier alpha value is -0.112. The molecule has 0 saturated carbocycles. The van der Waals surface area contributed by atoms with E-state index in [9.17, 15) is 10.8 Å². The van der Waals surface area contributed by atoms with Crippen molar-refractivity contribution in [2.24, 2.45) is 0 Å². The summed E-state index contributed by atoms with van der Waals surface area (Å²) in [5.74, 6) is 0. The summed E-state index contributed by atoms with van der Waals surface area (Å²) in [5.41, 5.74) is 0. The van der Waals surface area contributed by atoms with Gasteiger partial charge in [-0.2, -0.15) is 0 Å². The molecule has 0 aliphatic rings. The molecule has 0 aromatic heterocycles. The number of aliphatic hydroxyl groups excluding tert-OH is 5. The second-order valence-corrected chi connectivity index (χ2v) is 5.50. The Morgan fingerprint density at radius 1 is 1.07 bits per heavy atom. The molecule has 0 radical (unpaired) electrons. The molecule has 4 atom stereocenters. The van der Waals surface area contributed by atoms with Gasteiger partial charge in [-0.05, 0) is 0 Å². The van der Waals surface area contributed by atoms with Crippen LogP contribution in [0, 0.1) is 0 Å². The van der Waals surface area contributed by atoms with Crippen molar-refractivity contribution in [3.05, 3.63) is 0 Å². The van der Waals surface area contributed by atoms with E-state index in [1.807, 2.05) is 0 Å². The minimum atomic E-state index is -4.67. The zero-order valence-electron chi connectivity index (χ0n) is 7.42. The summed E-state index contributed by atoms with van der Waals surface area (Å²) < 4.78 is 18.9. The van der Waals surface area contributed by atoms with Crippen LogP contribution in [0.5, 0.6) is 0 Å². The van der Waals surface area contributed by atoms with E-state index in [0.29, 0.717) is 0 Å². The second kappa shape index (κ2) is 6.47. The van der Waals surface area contributed by atoms with E-state index in [0.717, 1.165) is 0 Å². The molecule has 0 aromatic rings. The van der Waals surface area contributed by atoms with E-state index < -0.39 is 54.9 Å². The van der Waals surface area contributed by atoms with E-state index in [1.54, 1.807) is 0 Å². The van der Waals surface area contributed by atoms with Crippen molar-refractivity contribution in [3.63, 3.8) is 0 Å². The standard InChI is InChI=1S/C6H11O6.2O.Sb/c7-1-3(9)5(11)6(12)4(10)2-8;;;/h3-7,9-12H,1H2;;;/t3-,4+,5-,6-;;;/m1.../s1. The van der Waals surface area contributed by atoms with Crippen molar-refractivity contribution in [1.29, 1.82) is 0 Å². The third-order valence-corrected chi connectivity index (χ3v) is 3.47. The van der Waals surface area contributed by atoms with Crippen LogP contribution in [0.15, 0.2) is 0 Å². The molecule has 0 rings (SSSR count). The van der Waals surface area contributed by atoms with Gasteiger partial charge in [0.05, 0.1) is 0 Å². The Bertz CT molecular complexity index is 279. The number of carbonyl (C=O) groups is 1. The minimum absolute atomic E-state index is 0.904. The van der Waals surface area contributed by atoms with Gasteiger partial charge in [0.1, 0.15) is 0 Å². The van der Waals surface area contributed by atoms with Crippen molar-refractivity contribution in [2.75, 3.05) is 6.61 Å². The van der Waals surface area contributed by atoms with Gasteiger partial charge in [-0.25, -0.2) is 0 Å². The van der Waals surface area contributed by atoms with E-state index >= 15 is 0 Å². The van der Waals surface area contributed by atoms with Gasteiger partial charge in [0.15, 0.2) is 0 Å². The van der Waals surface area contributed by atoms with Crippen LogP contribution in [0.4, 0.5) is 0 Å². The Kier molecular flexibility index (Phi) is 6.42. The van der Waals surface area contributed by atoms with Crippen LogP contribution in [0.3, 0.4) is 0 Å². The molecule has 0 aliphatic heterocycles. The molecule has 9 heteroatoms. The van der Waals surface area contributed by atoms with Gasteiger partial charge in [0.25, 0.3) is 0 Å². The van der Waals surface area contributed by atoms with Gasteiger partial charge < -0.3 is 0 Å². The average molecular weight is 333 g/mol. The quantitative estimate of drug-likeness (QED) is 0.307. The third-order valence-electron chi connectivity index (χ3n) is 1.69. The van der Waals surface area contributed by atoms with Crippen LogP contribution < -0.4 is 0 Å². The number of carbonyl (C=O) groups excluding carboxylic acids is 1. The van der Waals surface area contributed by atoms with Crippen LogP contribution in [-0.4, -0.2) is 80.5 Å². The van der Waals surface area contributed by atoms with E-state index in [2.05, 4.69) is 0 Å². The fourth-order valence-electron chi connectivity index (χ4n) is 0.776. The van der Waals surface area contributed by atoms with Crippen molar-refractivity contribution >= 4 is 23.9 Å². The molecule has 0 amide bonds. The van der Waals surface area contributed by atoms with Gasteiger partial charge in [0.2, 0.25) is 0 Å². The molecule has 0 aromatic carbocycles. The normalized spacial score (nSPS) is 19.0. The topological polar surface area (TPSA) is 152 Å². The summed E-state index contributed by atoms with van der Waals surface area (Å²) >= 11 is -4.67. The SMILES string of the molecule is O=[C]([C@H](O)[C@@H](O)[C@H](O)[C@H](O)CO)[Sb](=[O])=[O]. The third kappa shape index (κ3) is 4.10. The fourth-order valence-corrected chi connectivity index (χ4v) is 1.83. The first-order chi connectivity index (χ1) is 6.82. The van der Waals surface area contributed by atoms with Crippen LogP contribution in [-0.2, 0) is 10.8 Å². The molecule has 0 bridgehead atoms. The second-order valence-electron chi connectivity index (χ2n) is 2.77. The van der Waals surface area contributed by atoms with Crippen molar-refractivity contribution in [3.8, 4) is 0 Å². The monoisotopic (exact) mass is 332 g/mol. The van der Waals surface area contributed by atoms with Crippen molar-refractivity contribution in [1.82, 2.24) is 0 Å². The van der Waals surface area contributed by atoms with Crippen LogP contribution in [0.1, 0.15) is 0 Å². The van der Waals surface area contributed by atoms with Crippen molar-refractivity contribution in [2.45, 2.75) is 24.4 Å². The first-order valence-electron chi connectivity index (χ1n) is 3.84. The summed E-state index contributed by atoms with van der Waals surface area (Å²) in [5, 5.41) is 44.3. The number of hydrogen-bond donors (Lipinski definition) is 5. The predicted octanol–water partition coefficient (Wildman–Crippen LogP) is -4.12. The summed E-state index contributed by atoms with van der Waals surface area (Å²) in [7, 11) is 0. The maximum atomic E-state index is 10.7. The molecule has 88 valence electrons. The molecule has 5 N–H and O–H groups in total. The van der Waals surface area contributed by atoms with Crippen LogP contribution >= 0.6 is 0 Å². The number of rotatable bonds is 6. The van der Waals surface area contributed by atoms with E-state index in [1.165, 1.54) is 0 Å². The van der Waals surface area contributed by atoms with Crippen molar-refractivity contribution < 1.29 is 36.4 Å². The molecule has 0 fully saturated rings. The predicted molar refractivity (Wildman–Crippen MR) is 43.2 cm³/mol. The molecular formula is C6H11O8Sb. The Morgan fingerprint density at radius 3 is 1.87 bits per heavy atom. The molecule has 0 saturated heterocycles. The summed E-state index contributed by atoms with van der Waals surface area (Å²) in [6.07, 6.45) is -8.24. The zero-order chi connectivity index (χ0) is 12.2. The zero-order valence-corrected chi connectivity index (χ0v) is 9.98. The first kappa shape index (κ1) is 14.9. The van der Waals surface area contributed by atoms with Gasteiger partial charge >= 0.3 is 91.3 Å². The van der Waals surface area contributed by atoms with Crippen LogP contribution in [0.2, 0.25) is 0 Å². The molecule has 0 spiro atoms. The van der Waals surface area contributed by atoms with Gasteiger partial charge in [-0.15, -0.1) is 0 Å². The van der Waals surface area contributed by atoms with Gasteiger partial charge in [-0.3, -0.25) is 0 Å². The molecule has 8 nitrogen and oxygen atoms in total. The Labute approximate surface area is 91.5 Å². The van der Waals surface area contributed by atoms with E-state index in [-0.39, 0.29) is 0 Å². The van der Waals surface area contributed by atoms with E-state index in [4.69, 9.17) is 25.5 Å². The number of hydrogen-bond acceptors (Lipinski definition) is 8. The fraction of sp³-hybridized carbons (Fsp3) is 0.833. The molecule has 0 heterocycles. The van der Waals surface area contributed by atoms with Gasteiger partial charge in [-0.1, -0.05) is 0 Å². The maximum absolute atomic E-state index is 10.7. The Balaban J connectivity index is 4.56. The molecule has 15 heavy (non-hydrogen) atoms.